The van der Waals surface area contributed by atoms with Crippen LogP contribution in [0.5, 0.6) is 0 Å². The van der Waals surface area contributed by atoms with Crippen molar-refractivity contribution in [3.05, 3.63) is 146 Å². The maximum Gasteiger partial charge on any atom is 0.0361 e. The minimum atomic E-state index is 1.25. The van der Waals surface area contributed by atoms with E-state index in [1.54, 1.807) is 0 Å². The molecule has 0 aliphatic rings. The summed E-state index contributed by atoms with van der Waals surface area (Å²) >= 11 is 1.88. The van der Waals surface area contributed by atoms with Crippen LogP contribution in [0.2, 0.25) is 0 Å². The number of hydrogen-bond acceptors (Lipinski definition) is 1. The Morgan fingerprint density at radius 3 is 1.56 bits per heavy atom. The van der Waals surface area contributed by atoms with Gasteiger partial charge in [0.25, 0.3) is 0 Å². The van der Waals surface area contributed by atoms with Gasteiger partial charge in [-0.25, -0.2) is 0 Å². The topological polar surface area (TPSA) is 0 Å². The third-order valence-corrected chi connectivity index (χ3v) is 9.00. The first kappa shape index (κ1) is 22.3. The molecule has 182 valence electrons. The summed E-state index contributed by atoms with van der Waals surface area (Å²) in [6.45, 7) is 0. The zero-order valence-electron chi connectivity index (χ0n) is 21.3. The van der Waals surface area contributed by atoms with E-state index in [2.05, 4.69) is 146 Å². The molecule has 8 rings (SSSR count). The summed E-state index contributed by atoms with van der Waals surface area (Å²) in [7, 11) is 0. The monoisotopic (exact) mass is 512 g/mol. The Labute approximate surface area is 231 Å². The summed E-state index contributed by atoms with van der Waals surface area (Å²) in [6, 6.07) is 53.2. The fourth-order valence-electron chi connectivity index (χ4n) is 6.19. The van der Waals surface area contributed by atoms with Crippen molar-refractivity contribution in [3.8, 4) is 33.4 Å². The van der Waals surface area contributed by atoms with Crippen LogP contribution in [0.4, 0.5) is 0 Å². The Morgan fingerprint density at radius 2 is 0.872 bits per heavy atom. The highest BCUT2D eigenvalue weighted by atomic mass is 32.1. The molecule has 1 heterocycles. The molecular formula is C38H24S. The molecule has 0 radical (unpaired) electrons. The average Bonchev–Trinajstić information content (AvgIpc) is 3.39. The van der Waals surface area contributed by atoms with Crippen LogP contribution in [-0.4, -0.2) is 0 Å². The Hall–Kier alpha value is -4.72. The zero-order valence-corrected chi connectivity index (χ0v) is 22.1. The van der Waals surface area contributed by atoms with Crippen LogP contribution in [0, 0.1) is 0 Å². The van der Waals surface area contributed by atoms with Crippen LogP contribution in [-0.2, 0) is 0 Å². The lowest BCUT2D eigenvalue weighted by atomic mass is 9.84. The number of benzene rings is 7. The minimum absolute atomic E-state index is 1.25. The van der Waals surface area contributed by atoms with Gasteiger partial charge < -0.3 is 0 Å². The fourth-order valence-corrected chi connectivity index (χ4v) is 7.32. The average molecular weight is 513 g/mol. The van der Waals surface area contributed by atoms with Gasteiger partial charge in [0, 0.05) is 20.2 Å². The van der Waals surface area contributed by atoms with Gasteiger partial charge in [-0.2, -0.15) is 0 Å². The predicted molar refractivity (Wildman–Crippen MR) is 171 cm³/mol. The van der Waals surface area contributed by atoms with Crippen LogP contribution in [0.1, 0.15) is 0 Å². The van der Waals surface area contributed by atoms with Crippen LogP contribution >= 0.6 is 11.3 Å². The Kier molecular flexibility index (Phi) is 5.11. The van der Waals surface area contributed by atoms with E-state index in [0.717, 1.165) is 0 Å². The lowest BCUT2D eigenvalue weighted by Gasteiger charge is -2.19. The summed E-state index contributed by atoms with van der Waals surface area (Å²) < 4.78 is 2.67. The van der Waals surface area contributed by atoms with Gasteiger partial charge in [0.05, 0.1) is 0 Å². The standard InChI is InChI=1S/C38H24S/c1-3-12-25(13-4-1)36-29-16-7-8-17-30(29)37(26-14-5-2-6-15-26)33-24-27(22-23-31(33)36)28-19-11-21-35-38(28)32-18-9-10-20-34(32)39-35/h1-24H. The molecule has 0 saturated heterocycles. The second-order valence-corrected chi connectivity index (χ2v) is 11.1. The van der Waals surface area contributed by atoms with Gasteiger partial charge >= 0.3 is 0 Å². The van der Waals surface area contributed by atoms with Crippen molar-refractivity contribution >= 4 is 53.1 Å². The molecule has 0 aliphatic heterocycles. The van der Waals surface area contributed by atoms with Gasteiger partial charge in [0.2, 0.25) is 0 Å². The Balaban J connectivity index is 1.52. The third kappa shape index (κ3) is 3.51. The first-order valence-electron chi connectivity index (χ1n) is 13.4. The molecule has 1 aromatic heterocycles. The van der Waals surface area contributed by atoms with E-state index in [-0.39, 0.29) is 0 Å². The summed E-state index contributed by atoms with van der Waals surface area (Å²) in [5.74, 6) is 0. The van der Waals surface area contributed by atoms with Gasteiger partial charge in [0.1, 0.15) is 0 Å². The summed E-state index contributed by atoms with van der Waals surface area (Å²) in [6.07, 6.45) is 0. The molecule has 0 unspecified atom stereocenters. The summed E-state index contributed by atoms with van der Waals surface area (Å²) in [5.41, 5.74) is 7.63. The lowest BCUT2D eigenvalue weighted by Crippen LogP contribution is -1.91. The first-order chi connectivity index (χ1) is 19.4. The second kappa shape index (κ2) is 8.94. The fraction of sp³-hybridized carbons (Fsp3) is 0. The van der Waals surface area contributed by atoms with E-state index < -0.39 is 0 Å². The number of hydrogen-bond donors (Lipinski definition) is 0. The molecular weight excluding hydrogens is 488 g/mol. The number of thiophene rings is 1. The van der Waals surface area contributed by atoms with Crippen molar-refractivity contribution in [1.29, 1.82) is 0 Å². The smallest absolute Gasteiger partial charge is 0.0361 e. The van der Waals surface area contributed by atoms with Crippen LogP contribution in [0.15, 0.2) is 146 Å². The van der Waals surface area contributed by atoms with Crippen molar-refractivity contribution in [2.45, 2.75) is 0 Å². The third-order valence-electron chi connectivity index (χ3n) is 7.86. The zero-order chi connectivity index (χ0) is 25.8. The van der Waals surface area contributed by atoms with Crippen molar-refractivity contribution < 1.29 is 0 Å². The summed E-state index contributed by atoms with van der Waals surface area (Å²) in [5, 5.41) is 7.82. The number of rotatable bonds is 3. The maximum atomic E-state index is 2.43. The van der Waals surface area contributed by atoms with Crippen molar-refractivity contribution in [2.24, 2.45) is 0 Å². The van der Waals surface area contributed by atoms with Crippen LogP contribution < -0.4 is 0 Å². The van der Waals surface area contributed by atoms with E-state index in [1.807, 2.05) is 11.3 Å². The van der Waals surface area contributed by atoms with E-state index in [1.165, 1.54) is 75.1 Å². The van der Waals surface area contributed by atoms with Crippen LogP contribution in [0.3, 0.4) is 0 Å². The van der Waals surface area contributed by atoms with Crippen molar-refractivity contribution in [2.75, 3.05) is 0 Å². The van der Waals surface area contributed by atoms with E-state index in [9.17, 15) is 0 Å². The van der Waals surface area contributed by atoms with Gasteiger partial charge in [-0.05, 0) is 73.1 Å². The normalized spacial score (nSPS) is 11.6. The molecule has 0 amide bonds. The molecule has 0 N–H and O–H groups in total. The summed E-state index contributed by atoms with van der Waals surface area (Å²) in [4.78, 5) is 0. The second-order valence-electron chi connectivity index (χ2n) is 10.1. The van der Waals surface area contributed by atoms with Crippen molar-refractivity contribution in [1.82, 2.24) is 0 Å². The molecule has 0 spiro atoms. The number of fused-ring (bicyclic) bond motifs is 5. The molecule has 0 fully saturated rings. The minimum Gasteiger partial charge on any atom is -0.135 e. The Morgan fingerprint density at radius 1 is 0.333 bits per heavy atom. The highest BCUT2D eigenvalue weighted by Crippen LogP contribution is 2.46. The van der Waals surface area contributed by atoms with Gasteiger partial charge in [-0.15, -0.1) is 11.3 Å². The molecule has 7 aromatic carbocycles. The molecule has 0 aliphatic carbocycles. The lowest BCUT2D eigenvalue weighted by molar-refractivity contribution is 1.64. The molecule has 39 heavy (non-hydrogen) atoms. The predicted octanol–water partition coefficient (Wildman–Crippen LogP) is 11.4. The first-order valence-corrected chi connectivity index (χ1v) is 14.2. The Bertz CT molecular complexity index is 2150. The van der Waals surface area contributed by atoms with E-state index in [4.69, 9.17) is 0 Å². The van der Waals surface area contributed by atoms with Crippen molar-refractivity contribution in [3.63, 3.8) is 0 Å². The molecule has 0 saturated carbocycles. The highest BCUT2D eigenvalue weighted by molar-refractivity contribution is 7.25. The van der Waals surface area contributed by atoms with E-state index >= 15 is 0 Å². The largest absolute Gasteiger partial charge is 0.135 e. The molecule has 1 heteroatoms. The molecule has 8 aromatic rings. The molecule has 0 nitrogen and oxygen atoms in total. The highest BCUT2D eigenvalue weighted by Gasteiger charge is 2.18. The van der Waals surface area contributed by atoms with Gasteiger partial charge in [-0.3, -0.25) is 0 Å². The molecule has 0 bridgehead atoms. The SMILES string of the molecule is c1ccc(-c2c3ccccc3c(-c3ccccc3)c3cc(-c4cccc5sc6ccccc6c45)ccc23)cc1. The van der Waals surface area contributed by atoms with E-state index in [0.29, 0.717) is 0 Å². The van der Waals surface area contributed by atoms with Gasteiger partial charge in [0.15, 0.2) is 0 Å². The van der Waals surface area contributed by atoms with Crippen LogP contribution in [0.25, 0.3) is 75.1 Å². The maximum absolute atomic E-state index is 2.43. The quantitative estimate of drug-likeness (QED) is 0.207. The molecule has 0 atom stereocenters. The van der Waals surface area contributed by atoms with Gasteiger partial charge in [-0.1, -0.05) is 127 Å².